The van der Waals surface area contributed by atoms with Crippen LogP contribution in [0.15, 0.2) is 23.2 Å². The molecule has 0 heterocycles. The van der Waals surface area contributed by atoms with Gasteiger partial charge in [0.05, 0.1) is 12.0 Å². The Bertz CT molecular complexity index is 690. The molecule has 0 aromatic heterocycles. The van der Waals surface area contributed by atoms with Gasteiger partial charge < -0.3 is 20.4 Å². The van der Waals surface area contributed by atoms with Crippen LogP contribution in [0.1, 0.15) is 43.7 Å². The van der Waals surface area contributed by atoms with Gasteiger partial charge in [-0.1, -0.05) is 18.9 Å². The molecule has 28 heavy (non-hydrogen) atoms. The monoisotopic (exact) mass is 387 g/mol. The standard InChI is InChI=1S/C22H37N5O/c1-7-23-21(24-15-18-10-11-19(26(3)4)14-17(18)2)25-16-22(12-8-9-13-22)20(28)27(5)6/h10-11,14H,7-9,12-13,15-16H2,1-6H3,(H2,23,24,25). The highest BCUT2D eigenvalue weighted by molar-refractivity contribution is 5.85. The summed E-state index contributed by atoms with van der Waals surface area (Å²) in [6.45, 7) is 6.23. The molecule has 1 aromatic carbocycles. The van der Waals surface area contributed by atoms with Crippen molar-refractivity contribution in [1.29, 1.82) is 0 Å². The van der Waals surface area contributed by atoms with E-state index in [0.29, 0.717) is 13.1 Å². The maximum atomic E-state index is 12.8. The molecular formula is C22H37N5O. The fraction of sp³-hybridized carbons (Fsp3) is 0.636. The molecule has 0 bridgehead atoms. The summed E-state index contributed by atoms with van der Waals surface area (Å²) in [5, 5.41) is 6.76. The van der Waals surface area contributed by atoms with Gasteiger partial charge in [0, 0.05) is 47.0 Å². The number of aliphatic imine (C=N–C) groups is 1. The normalized spacial score (nSPS) is 16.0. The van der Waals surface area contributed by atoms with Gasteiger partial charge >= 0.3 is 0 Å². The summed E-state index contributed by atoms with van der Waals surface area (Å²) in [4.78, 5) is 21.4. The summed E-state index contributed by atoms with van der Waals surface area (Å²) in [7, 11) is 7.80. The topological polar surface area (TPSA) is 60.0 Å². The number of rotatable bonds is 7. The molecule has 6 heteroatoms. The number of amides is 1. The largest absolute Gasteiger partial charge is 0.378 e. The zero-order chi connectivity index (χ0) is 20.7. The molecule has 1 amide bonds. The first-order valence-corrected chi connectivity index (χ1v) is 10.3. The van der Waals surface area contributed by atoms with Crippen LogP contribution in [-0.4, -0.2) is 58.0 Å². The Morgan fingerprint density at radius 3 is 2.36 bits per heavy atom. The first-order valence-electron chi connectivity index (χ1n) is 10.3. The molecule has 0 radical (unpaired) electrons. The van der Waals surface area contributed by atoms with Crippen molar-refractivity contribution in [2.45, 2.75) is 46.1 Å². The average molecular weight is 388 g/mol. The summed E-state index contributed by atoms with van der Waals surface area (Å²) in [5.41, 5.74) is 3.34. The molecule has 2 rings (SSSR count). The number of carbonyl (C=O) groups is 1. The van der Waals surface area contributed by atoms with E-state index in [2.05, 4.69) is 47.6 Å². The second kappa shape index (κ2) is 9.80. The zero-order valence-electron chi connectivity index (χ0n) is 18.4. The van der Waals surface area contributed by atoms with Crippen molar-refractivity contribution in [3.63, 3.8) is 0 Å². The number of benzene rings is 1. The van der Waals surface area contributed by atoms with Crippen molar-refractivity contribution in [1.82, 2.24) is 15.5 Å². The highest BCUT2D eigenvalue weighted by Crippen LogP contribution is 2.38. The molecule has 156 valence electrons. The van der Waals surface area contributed by atoms with Crippen LogP contribution in [0, 0.1) is 12.3 Å². The third-order valence-corrected chi connectivity index (χ3v) is 5.61. The number of hydrogen-bond donors (Lipinski definition) is 2. The molecule has 1 aliphatic carbocycles. The Labute approximate surface area is 170 Å². The van der Waals surface area contributed by atoms with Crippen LogP contribution >= 0.6 is 0 Å². The molecule has 0 aliphatic heterocycles. The van der Waals surface area contributed by atoms with Crippen molar-refractivity contribution in [3.05, 3.63) is 29.3 Å². The maximum Gasteiger partial charge on any atom is 0.230 e. The Hall–Kier alpha value is -2.24. The Kier molecular flexibility index (Phi) is 7.72. The van der Waals surface area contributed by atoms with E-state index in [0.717, 1.165) is 38.2 Å². The fourth-order valence-electron chi connectivity index (χ4n) is 3.89. The molecule has 1 fully saturated rings. The molecule has 1 aliphatic rings. The maximum absolute atomic E-state index is 12.8. The number of aryl methyl sites for hydroxylation is 1. The molecule has 0 spiro atoms. The smallest absolute Gasteiger partial charge is 0.230 e. The third-order valence-electron chi connectivity index (χ3n) is 5.61. The van der Waals surface area contributed by atoms with Crippen LogP contribution in [0.5, 0.6) is 0 Å². The number of anilines is 1. The molecule has 0 atom stereocenters. The van der Waals surface area contributed by atoms with Gasteiger partial charge in [0.25, 0.3) is 0 Å². The van der Waals surface area contributed by atoms with Gasteiger partial charge in [0.1, 0.15) is 0 Å². The van der Waals surface area contributed by atoms with Crippen LogP contribution in [0.4, 0.5) is 5.69 Å². The second-order valence-corrected chi connectivity index (χ2v) is 8.24. The van der Waals surface area contributed by atoms with Gasteiger partial charge in [-0.3, -0.25) is 4.79 Å². The van der Waals surface area contributed by atoms with Crippen LogP contribution in [0.2, 0.25) is 0 Å². The summed E-state index contributed by atoms with van der Waals surface area (Å²) in [5.74, 6) is 1.000. The second-order valence-electron chi connectivity index (χ2n) is 8.24. The quantitative estimate of drug-likeness (QED) is 0.558. The lowest BCUT2D eigenvalue weighted by molar-refractivity contribution is -0.138. The molecule has 1 saturated carbocycles. The van der Waals surface area contributed by atoms with E-state index < -0.39 is 0 Å². The highest BCUT2D eigenvalue weighted by Gasteiger charge is 2.42. The Morgan fingerprint density at radius 1 is 1.14 bits per heavy atom. The van der Waals surface area contributed by atoms with E-state index in [4.69, 9.17) is 4.99 Å². The summed E-state index contributed by atoms with van der Waals surface area (Å²) < 4.78 is 0. The predicted octanol–water partition coefficient (Wildman–Crippen LogP) is 2.76. The van der Waals surface area contributed by atoms with Crippen molar-refractivity contribution < 1.29 is 4.79 Å². The van der Waals surface area contributed by atoms with Crippen molar-refractivity contribution in [2.24, 2.45) is 10.4 Å². The van der Waals surface area contributed by atoms with Gasteiger partial charge in [0.15, 0.2) is 5.96 Å². The van der Waals surface area contributed by atoms with Crippen LogP contribution < -0.4 is 15.5 Å². The zero-order valence-corrected chi connectivity index (χ0v) is 18.4. The van der Waals surface area contributed by atoms with E-state index in [1.165, 1.54) is 16.8 Å². The summed E-state index contributed by atoms with van der Waals surface area (Å²) in [6.07, 6.45) is 4.13. The molecular weight excluding hydrogens is 350 g/mol. The van der Waals surface area contributed by atoms with E-state index in [1.807, 2.05) is 28.2 Å². The number of nitrogens with zero attached hydrogens (tertiary/aromatic N) is 3. The minimum Gasteiger partial charge on any atom is -0.378 e. The van der Waals surface area contributed by atoms with Crippen LogP contribution in [-0.2, 0) is 11.3 Å². The van der Waals surface area contributed by atoms with Crippen molar-refractivity contribution >= 4 is 17.6 Å². The number of carbonyl (C=O) groups excluding carboxylic acids is 1. The minimum absolute atomic E-state index is 0.225. The number of nitrogens with one attached hydrogen (secondary N) is 2. The SMILES string of the molecule is CCNC(=NCc1ccc(N(C)C)cc1C)NCC1(C(=O)N(C)C)CCCC1. The predicted molar refractivity (Wildman–Crippen MR) is 118 cm³/mol. The molecule has 0 saturated heterocycles. The van der Waals surface area contributed by atoms with E-state index in [1.54, 1.807) is 4.90 Å². The van der Waals surface area contributed by atoms with Gasteiger partial charge in [-0.05, 0) is 49.9 Å². The van der Waals surface area contributed by atoms with E-state index in [-0.39, 0.29) is 11.3 Å². The lowest BCUT2D eigenvalue weighted by Gasteiger charge is -2.31. The first-order chi connectivity index (χ1) is 13.3. The van der Waals surface area contributed by atoms with Crippen molar-refractivity contribution in [3.8, 4) is 0 Å². The number of hydrogen-bond acceptors (Lipinski definition) is 3. The Morgan fingerprint density at radius 2 is 1.82 bits per heavy atom. The van der Waals surface area contributed by atoms with Gasteiger partial charge in [-0.15, -0.1) is 0 Å². The minimum atomic E-state index is -0.303. The summed E-state index contributed by atoms with van der Waals surface area (Å²) in [6, 6.07) is 6.46. The van der Waals surface area contributed by atoms with E-state index in [9.17, 15) is 4.79 Å². The van der Waals surface area contributed by atoms with Gasteiger partial charge in [-0.2, -0.15) is 0 Å². The van der Waals surface area contributed by atoms with Gasteiger partial charge in [-0.25, -0.2) is 4.99 Å². The molecule has 0 unspecified atom stereocenters. The van der Waals surface area contributed by atoms with Crippen molar-refractivity contribution in [2.75, 3.05) is 46.2 Å². The first kappa shape index (κ1) is 22.1. The van der Waals surface area contributed by atoms with E-state index >= 15 is 0 Å². The third kappa shape index (κ3) is 5.40. The number of guanidine groups is 1. The summed E-state index contributed by atoms with van der Waals surface area (Å²) >= 11 is 0. The fourth-order valence-corrected chi connectivity index (χ4v) is 3.89. The highest BCUT2D eigenvalue weighted by atomic mass is 16.2. The van der Waals surface area contributed by atoms with Crippen LogP contribution in [0.3, 0.4) is 0 Å². The van der Waals surface area contributed by atoms with Crippen LogP contribution in [0.25, 0.3) is 0 Å². The molecule has 6 nitrogen and oxygen atoms in total. The molecule has 2 N–H and O–H groups in total. The lowest BCUT2D eigenvalue weighted by atomic mass is 9.84. The lowest BCUT2D eigenvalue weighted by Crippen LogP contribution is -2.49. The van der Waals surface area contributed by atoms with Gasteiger partial charge in [0.2, 0.25) is 5.91 Å². The Balaban J connectivity index is 2.09. The average Bonchev–Trinajstić information content (AvgIpc) is 3.14. The molecule has 1 aromatic rings.